The molecule has 0 unspecified atom stereocenters. The monoisotopic (exact) mass is 396 g/mol. The van der Waals surface area contributed by atoms with E-state index < -0.39 is 0 Å². The van der Waals surface area contributed by atoms with Gasteiger partial charge in [-0.15, -0.1) is 0 Å². The fourth-order valence-electron chi connectivity index (χ4n) is 2.37. The minimum absolute atomic E-state index is 0.271. The molecule has 3 rings (SSSR count). The topological polar surface area (TPSA) is 66.9 Å². The fourth-order valence-corrected chi connectivity index (χ4v) is 2.85. The van der Waals surface area contributed by atoms with E-state index in [0.29, 0.717) is 17.3 Å². The second kappa shape index (κ2) is 7.44. The summed E-state index contributed by atoms with van der Waals surface area (Å²) in [6.45, 7) is 3.77. The average molecular weight is 397 g/mol. The average Bonchev–Trinajstić information content (AvgIpc) is 2.58. The minimum atomic E-state index is -0.271. The second-order valence-corrected chi connectivity index (χ2v) is 6.51. The second-order valence-electron chi connectivity index (χ2n) is 5.59. The molecule has 2 aromatic carbocycles. The van der Waals surface area contributed by atoms with Crippen LogP contribution in [0.2, 0.25) is 0 Å². The van der Waals surface area contributed by atoms with Gasteiger partial charge in [-0.1, -0.05) is 34.1 Å². The summed E-state index contributed by atoms with van der Waals surface area (Å²) in [6, 6.07) is 16.9. The Hall–Kier alpha value is -2.73. The molecule has 0 radical (unpaired) electrons. The zero-order valence-electron chi connectivity index (χ0n) is 13.9. The van der Waals surface area contributed by atoms with Crippen molar-refractivity contribution in [1.29, 1.82) is 0 Å². The van der Waals surface area contributed by atoms with Gasteiger partial charge in [-0.25, -0.2) is 9.97 Å². The van der Waals surface area contributed by atoms with Crippen molar-refractivity contribution in [1.82, 2.24) is 9.97 Å². The Morgan fingerprint density at radius 1 is 1.00 bits per heavy atom. The number of hydrogen-bond acceptors (Lipinski definition) is 4. The normalized spacial score (nSPS) is 10.4. The van der Waals surface area contributed by atoms with E-state index in [1.165, 1.54) is 0 Å². The molecule has 1 aromatic heterocycles. The Labute approximate surface area is 154 Å². The standard InChI is InChI=1S/C19H17BrN4O/c1-12-10-14(20)8-9-16(12)24-18-11-17(21-13(2)22-18)19(25)23-15-6-4-3-5-7-15/h3-11H,1-2H3,(H,23,25)(H,21,22,24). The highest BCUT2D eigenvalue weighted by atomic mass is 79.9. The van der Waals surface area contributed by atoms with Crippen molar-refractivity contribution in [2.45, 2.75) is 13.8 Å². The van der Waals surface area contributed by atoms with E-state index in [2.05, 4.69) is 36.5 Å². The van der Waals surface area contributed by atoms with E-state index >= 15 is 0 Å². The third-order valence-electron chi connectivity index (χ3n) is 3.55. The van der Waals surface area contributed by atoms with Gasteiger partial charge in [0, 0.05) is 21.9 Å². The maximum Gasteiger partial charge on any atom is 0.274 e. The van der Waals surface area contributed by atoms with Gasteiger partial charge in [0.1, 0.15) is 17.3 Å². The van der Waals surface area contributed by atoms with E-state index in [0.717, 1.165) is 21.4 Å². The highest BCUT2D eigenvalue weighted by Crippen LogP contribution is 2.23. The van der Waals surface area contributed by atoms with Crippen molar-refractivity contribution in [2.24, 2.45) is 0 Å². The SMILES string of the molecule is Cc1nc(Nc2ccc(Br)cc2C)cc(C(=O)Nc2ccccc2)n1. The van der Waals surface area contributed by atoms with E-state index in [1.807, 2.05) is 55.5 Å². The number of carbonyl (C=O) groups excluding carboxylic acids is 1. The Morgan fingerprint density at radius 3 is 2.48 bits per heavy atom. The first-order valence-electron chi connectivity index (χ1n) is 7.76. The molecule has 0 fully saturated rings. The number of aryl methyl sites for hydroxylation is 2. The summed E-state index contributed by atoms with van der Waals surface area (Å²) in [5.41, 5.74) is 3.03. The van der Waals surface area contributed by atoms with Gasteiger partial charge < -0.3 is 10.6 Å². The molecule has 0 bridgehead atoms. The van der Waals surface area contributed by atoms with E-state index in [4.69, 9.17) is 0 Å². The predicted octanol–water partition coefficient (Wildman–Crippen LogP) is 4.85. The number of anilines is 3. The van der Waals surface area contributed by atoms with Gasteiger partial charge in [-0.3, -0.25) is 4.79 Å². The summed E-state index contributed by atoms with van der Waals surface area (Å²) in [6.07, 6.45) is 0. The van der Waals surface area contributed by atoms with Crippen LogP contribution >= 0.6 is 15.9 Å². The molecule has 1 heterocycles. The van der Waals surface area contributed by atoms with Gasteiger partial charge >= 0.3 is 0 Å². The van der Waals surface area contributed by atoms with Crippen molar-refractivity contribution in [3.63, 3.8) is 0 Å². The molecule has 0 spiro atoms. The molecule has 2 N–H and O–H groups in total. The number of halogens is 1. The van der Waals surface area contributed by atoms with Crippen LogP contribution in [0, 0.1) is 13.8 Å². The molecule has 0 saturated heterocycles. The first-order chi connectivity index (χ1) is 12.0. The molecule has 0 aliphatic carbocycles. The number of nitrogens with zero attached hydrogens (tertiary/aromatic N) is 2. The van der Waals surface area contributed by atoms with Crippen LogP contribution in [0.1, 0.15) is 21.9 Å². The number of aromatic nitrogens is 2. The maximum absolute atomic E-state index is 12.4. The summed E-state index contributed by atoms with van der Waals surface area (Å²) in [7, 11) is 0. The molecule has 0 aliphatic heterocycles. The number of para-hydroxylation sites is 1. The van der Waals surface area contributed by atoms with Crippen LogP contribution in [0.25, 0.3) is 0 Å². The summed E-state index contributed by atoms with van der Waals surface area (Å²) in [5.74, 6) is 0.835. The number of carbonyl (C=O) groups is 1. The number of nitrogens with one attached hydrogen (secondary N) is 2. The van der Waals surface area contributed by atoms with Crippen molar-refractivity contribution >= 4 is 39.0 Å². The fraction of sp³-hybridized carbons (Fsp3) is 0.105. The van der Waals surface area contributed by atoms with Crippen LogP contribution < -0.4 is 10.6 Å². The van der Waals surface area contributed by atoms with Gasteiger partial charge in [-0.2, -0.15) is 0 Å². The first-order valence-corrected chi connectivity index (χ1v) is 8.56. The van der Waals surface area contributed by atoms with Gasteiger partial charge in [0.2, 0.25) is 0 Å². The van der Waals surface area contributed by atoms with Crippen LogP contribution in [0.4, 0.5) is 17.2 Å². The molecule has 0 saturated carbocycles. The summed E-state index contributed by atoms with van der Waals surface area (Å²) in [4.78, 5) is 21.1. The number of benzene rings is 2. The summed E-state index contributed by atoms with van der Waals surface area (Å²) < 4.78 is 1.01. The van der Waals surface area contributed by atoms with Crippen molar-refractivity contribution in [2.75, 3.05) is 10.6 Å². The summed E-state index contributed by atoms with van der Waals surface area (Å²) >= 11 is 3.45. The molecule has 5 nitrogen and oxygen atoms in total. The van der Waals surface area contributed by atoms with Gasteiger partial charge in [0.25, 0.3) is 5.91 Å². The molecule has 126 valence electrons. The smallest absolute Gasteiger partial charge is 0.274 e. The Morgan fingerprint density at radius 2 is 1.76 bits per heavy atom. The lowest BCUT2D eigenvalue weighted by Gasteiger charge is -2.11. The summed E-state index contributed by atoms with van der Waals surface area (Å²) in [5, 5.41) is 6.08. The van der Waals surface area contributed by atoms with Crippen LogP contribution in [0.5, 0.6) is 0 Å². The Balaban J connectivity index is 1.84. The lowest BCUT2D eigenvalue weighted by atomic mass is 10.2. The van der Waals surface area contributed by atoms with Crippen LogP contribution in [-0.2, 0) is 0 Å². The lowest BCUT2D eigenvalue weighted by molar-refractivity contribution is 0.102. The molecular weight excluding hydrogens is 380 g/mol. The Bertz CT molecular complexity index is 913. The van der Waals surface area contributed by atoms with Gasteiger partial charge in [-0.05, 0) is 49.7 Å². The van der Waals surface area contributed by atoms with E-state index in [9.17, 15) is 4.79 Å². The van der Waals surface area contributed by atoms with Crippen LogP contribution in [-0.4, -0.2) is 15.9 Å². The number of hydrogen-bond donors (Lipinski definition) is 2. The third-order valence-corrected chi connectivity index (χ3v) is 4.05. The Kier molecular flexibility index (Phi) is 5.09. The zero-order valence-corrected chi connectivity index (χ0v) is 15.5. The van der Waals surface area contributed by atoms with Gasteiger partial charge in [0.05, 0.1) is 0 Å². The minimum Gasteiger partial charge on any atom is -0.340 e. The molecular formula is C19H17BrN4O. The van der Waals surface area contributed by atoms with Crippen LogP contribution in [0.3, 0.4) is 0 Å². The largest absolute Gasteiger partial charge is 0.340 e. The van der Waals surface area contributed by atoms with Crippen molar-refractivity contribution < 1.29 is 4.79 Å². The lowest BCUT2D eigenvalue weighted by Crippen LogP contribution is -2.15. The first kappa shape index (κ1) is 17.1. The van der Waals surface area contributed by atoms with Gasteiger partial charge in [0.15, 0.2) is 0 Å². The van der Waals surface area contributed by atoms with Crippen molar-refractivity contribution in [3.05, 3.63) is 76.2 Å². The highest BCUT2D eigenvalue weighted by molar-refractivity contribution is 9.10. The third kappa shape index (κ3) is 4.42. The predicted molar refractivity (Wildman–Crippen MR) is 103 cm³/mol. The molecule has 1 amide bonds. The number of rotatable bonds is 4. The van der Waals surface area contributed by atoms with E-state index in [1.54, 1.807) is 13.0 Å². The van der Waals surface area contributed by atoms with Crippen molar-refractivity contribution in [3.8, 4) is 0 Å². The maximum atomic E-state index is 12.4. The molecule has 6 heteroatoms. The highest BCUT2D eigenvalue weighted by Gasteiger charge is 2.11. The van der Waals surface area contributed by atoms with Crippen LogP contribution in [0.15, 0.2) is 59.1 Å². The molecule has 0 atom stereocenters. The molecule has 0 aliphatic rings. The zero-order chi connectivity index (χ0) is 17.8. The molecule has 3 aromatic rings. The molecule has 25 heavy (non-hydrogen) atoms. The quantitative estimate of drug-likeness (QED) is 0.661. The van der Waals surface area contributed by atoms with E-state index in [-0.39, 0.29) is 5.91 Å². The number of amides is 1.